The van der Waals surface area contributed by atoms with Crippen LogP contribution in [0.3, 0.4) is 0 Å². The number of nitrogens with one attached hydrogen (secondary N) is 1. The topological polar surface area (TPSA) is 15.3 Å². The summed E-state index contributed by atoms with van der Waals surface area (Å²) < 4.78 is 0. The summed E-state index contributed by atoms with van der Waals surface area (Å²) >= 11 is 5.98. The van der Waals surface area contributed by atoms with Gasteiger partial charge in [-0.1, -0.05) is 42.8 Å². The molecule has 0 aromatic heterocycles. The summed E-state index contributed by atoms with van der Waals surface area (Å²) in [6.07, 6.45) is 4.22. The number of nitrogens with zero attached hydrogens (tertiary/aromatic N) is 1. The highest BCUT2D eigenvalue weighted by Gasteiger charge is 2.03. The maximum Gasteiger partial charge on any atom is 0.0498 e. The van der Waals surface area contributed by atoms with Gasteiger partial charge in [0.1, 0.15) is 0 Å². The zero-order valence-electron chi connectivity index (χ0n) is 11.4. The van der Waals surface area contributed by atoms with Crippen molar-refractivity contribution in [2.45, 2.75) is 19.3 Å². The van der Waals surface area contributed by atoms with Gasteiger partial charge in [0.2, 0.25) is 0 Å². The van der Waals surface area contributed by atoms with Crippen molar-refractivity contribution in [3.63, 3.8) is 0 Å². The average molecular weight is 267 g/mol. The van der Waals surface area contributed by atoms with Gasteiger partial charge in [-0.3, -0.25) is 0 Å². The van der Waals surface area contributed by atoms with Crippen molar-refractivity contribution >= 4 is 17.3 Å². The molecule has 100 valence electrons. The molecular weight excluding hydrogens is 244 g/mol. The molecule has 1 aromatic rings. The van der Waals surface area contributed by atoms with E-state index in [-0.39, 0.29) is 0 Å². The lowest BCUT2D eigenvalue weighted by Gasteiger charge is -2.16. The van der Waals surface area contributed by atoms with Crippen LogP contribution in [0.4, 0.5) is 0 Å². The number of rotatable bonds is 2. The fourth-order valence-corrected chi connectivity index (χ4v) is 1.98. The van der Waals surface area contributed by atoms with Gasteiger partial charge in [-0.2, -0.15) is 0 Å². The smallest absolute Gasteiger partial charge is 0.0498 e. The second-order valence-corrected chi connectivity index (χ2v) is 5.04. The molecule has 1 heterocycles. The van der Waals surface area contributed by atoms with E-state index in [0.29, 0.717) is 0 Å². The third-order valence-electron chi connectivity index (χ3n) is 2.93. The van der Waals surface area contributed by atoms with E-state index < -0.39 is 0 Å². The molecule has 1 saturated heterocycles. The van der Waals surface area contributed by atoms with E-state index in [2.05, 4.69) is 11.9 Å². The molecule has 1 N–H and O–H groups in total. The van der Waals surface area contributed by atoms with E-state index in [0.717, 1.165) is 16.3 Å². The van der Waals surface area contributed by atoms with Crippen LogP contribution in [0.25, 0.3) is 5.70 Å². The van der Waals surface area contributed by atoms with E-state index >= 15 is 0 Å². The van der Waals surface area contributed by atoms with Crippen LogP contribution in [0, 0.1) is 0 Å². The summed E-state index contributed by atoms with van der Waals surface area (Å²) in [6, 6.07) is 7.70. The van der Waals surface area contributed by atoms with Gasteiger partial charge in [0.05, 0.1) is 0 Å². The van der Waals surface area contributed by atoms with Gasteiger partial charge in [-0.15, -0.1) is 0 Å². The maximum absolute atomic E-state index is 5.98. The molecule has 0 atom stereocenters. The number of hydrogen-bond acceptors (Lipinski definition) is 2. The minimum absolute atomic E-state index is 0.746. The molecule has 0 bridgehead atoms. The minimum atomic E-state index is 0.746. The van der Waals surface area contributed by atoms with Gasteiger partial charge in [0.25, 0.3) is 0 Å². The average Bonchev–Trinajstić information content (AvgIpc) is 2.41. The Kier molecular flexibility index (Phi) is 6.84. The number of halogens is 1. The summed E-state index contributed by atoms with van der Waals surface area (Å²) in [7, 11) is 3.90. The molecule has 0 radical (unpaired) electrons. The van der Waals surface area contributed by atoms with Gasteiger partial charge in [0, 0.05) is 30.4 Å². The normalized spacial score (nSPS) is 14.4. The van der Waals surface area contributed by atoms with Crippen molar-refractivity contribution in [1.82, 2.24) is 10.2 Å². The van der Waals surface area contributed by atoms with Crippen LogP contribution in [0.5, 0.6) is 0 Å². The van der Waals surface area contributed by atoms with Crippen LogP contribution in [0.2, 0.25) is 5.02 Å². The summed E-state index contributed by atoms with van der Waals surface area (Å²) in [4.78, 5) is 1.95. The van der Waals surface area contributed by atoms with Crippen molar-refractivity contribution in [3.8, 4) is 0 Å². The lowest BCUT2D eigenvalue weighted by molar-refractivity contribution is 0.520. The highest BCUT2D eigenvalue weighted by Crippen LogP contribution is 2.22. The van der Waals surface area contributed by atoms with Crippen LogP contribution in [-0.2, 0) is 0 Å². The third-order valence-corrected chi connectivity index (χ3v) is 3.26. The van der Waals surface area contributed by atoms with Gasteiger partial charge >= 0.3 is 0 Å². The lowest BCUT2D eigenvalue weighted by Crippen LogP contribution is -2.21. The molecule has 2 nitrogen and oxygen atoms in total. The Labute approximate surface area is 116 Å². The van der Waals surface area contributed by atoms with E-state index in [1.54, 1.807) is 0 Å². The third kappa shape index (κ3) is 5.11. The molecule has 18 heavy (non-hydrogen) atoms. The van der Waals surface area contributed by atoms with Crippen LogP contribution >= 0.6 is 11.6 Å². The summed E-state index contributed by atoms with van der Waals surface area (Å²) in [5.74, 6) is 0. The molecule has 0 amide bonds. The first-order valence-electron chi connectivity index (χ1n) is 6.45. The molecule has 2 rings (SSSR count). The van der Waals surface area contributed by atoms with Gasteiger partial charge in [-0.25, -0.2) is 0 Å². The van der Waals surface area contributed by atoms with E-state index in [9.17, 15) is 0 Å². The SMILES string of the molecule is C1CCNCC1.C=C(c1ccccc1Cl)N(C)C. The summed E-state index contributed by atoms with van der Waals surface area (Å²) in [5.41, 5.74) is 1.92. The Morgan fingerprint density at radius 3 is 2.17 bits per heavy atom. The molecule has 1 aliphatic heterocycles. The Balaban J connectivity index is 0.000000225. The Bertz CT molecular complexity index is 359. The molecular formula is C15H23ClN2. The standard InChI is InChI=1S/C10H12ClN.C5H11N/c1-8(12(2)3)9-6-4-5-7-10(9)11;1-2-4-6-5-3-1/h4-7H,1H2,2-3H3;6H,1-5H2. The summed E-state index contributed by atoms with van der Waals surface area (Å²) in [5, 5.41) is 4.03. The molecule has 1 fully saturated rings. The minimum Gasteiger partial charge on any atom is -0.378 e. The molecule has 0 spiro atoms. The predicted molar refractivity (Wildman–Crippen MR) is 80.9 cm³/mol. The van der Waals surface area contributed by atoms with Crippen molar-refractivity contribution in [2.75, 3.05) is 27.2 Å². The molecule has 1 aromatic carbocycles. The second-order valence-electron chi connectivity index (χ2n) is 4.63. The van der Waals surface area contributed by atoms with Gasteiger partial charge in [0.15, 0.2) is 0 Å². The molecule has 0 saturated carbocycles. The van der Waals surface area contributed by atoms with Crippen molar-refractivity contribution in [1.29, 1.82) is 0 Å². The zero-order valence-corrected chi connectivity index (χ0v) is 12.1. The number of hydrogen-bond donors (Lipinski definition) is 1. The fourth-order valence-electron chi connectivity index (χ4n) is 1.74. The van der Waals surface area contributed by atoms with Gasteiger partial charge in [-0.05, 0) is 32.0 Å². The van der Waals surface area contributed by atoms with Crippen LogP contribution in [-0.4, -0.2) is 32.1 Å². The summed E-state index contributed by atoms with van der Waals surface area (Å²) in [6.45, 7) is 6.43. The highest BCUT2D eigenvalue weighted by atomic mass is 35.5. The second kappa shape index (κ2) is 8.17. The molecule has 0 aliphatic carbocycles. The first kappa shape index (κ1) is 15.1. The van der Waals surface area contributed by atoms with Crippen molar-refractivity contribution < 1.29 is 0 Å². The van der Waals surface area contributed by atoms with Gasteiger partial charge < -0.3 is 10.2 Å². The van der Waals surface area contributed by atoms with Crippen LogP contribution in [0.1, 0.15) is 24.8 Å². The first-order valence-corrected chi connectivity index (χ1v) is 6.82. The maximum atomic E-state index is 5.98. The van der Waals surface area contributed by atoms with Crippen molar-refractivity contribution in [2.24, 2.45) is 0 Å². The quantitative estimate of drug-likeness (QED) is 0.879. The lowest BCUT2D eigenvalue weighted by atomic mass is 10.1. The van der Waals surface area contributed by atoms with E-state index in [1.165, 1.54) is 32.4 Å². The van der Waals surface area contributed by atoms with E-state index in [4.69, 9.17) is 11.6 Å². The molecule has 3 heteroatoms. The van der Waals surface area contributed by atoms with Crippen molar-refractivity contribution in [3.05, 3.63) is 41.4 Å². The molecule has 0 unspecified atom stereocenters. The molecule has 1 aliphatic rings. The Morgan fingerprint density at radius 2 is 1.78 bits per heavy atom. The largest absolute Gasteiger partial charge is 0.378 e. The highest BCUT2D eigenvalue weighted by molar-refractivity contribution is 6.32. The van der Waals surface area contributed by atoms with Crippen LogP contribution < -0.4 is 5.32 Å². The predicted octanol–water partition coefficient (Wildman–Crippen LogP) is 3.63. The Hall–Kier alpha value is -0.990. The number of piperidine rings is 1. The monoisotopic (exact) mass is 266 g/mol. The Morgan fingerprint density at radius 1 is 1.17 bits per heavy atom. The number of benzene rings is 1. The zero-order chi connectivity index (χ0) is 13.4. The fraction of sp³-hybridized carbons (Fsp3) is 0.467. The van der Waals surface area contributed by atoms with Crippen LogP contribution in [0.15, 0.2) is 30.8 Å². The van der Waals surface area contributed by atoms with E-state index in [1.807, 2.05) is 43.3 Å². The first-order chi connectivity index (χ1) is 8.63.